The van der Waals surface area contributed by atoms with E-state index in [1.165, 1.54) is 30.7 Å². The maximum Gasteiger partial charge on any atom is 0.270 e. The summed E-state index contributed by atoms with van der Waals surface area (Å²) in [6, 6.07) is 0. The van der Waals surface area contributed by atoms with Crippen LogP contribution in [0.3, 0.4) is 0 Å². The summed E-state index contributed by atoms with van der Waals surface area (Å²) < 4.78 is 0. The van der Waals surface area contributed by atoms with E-state index in [-0.39, 0.29) is 11.8 Å². The molecule has 3 rings (SSSR count). The number of carbonyl (C=O) groups excluding carboxylic acids is 2. The van der Waals surface area contributed by atoms with Gasteiger partial charge in [-0.1, -0.05) is 12.8 Å². The number of hydrogen-bond acceptors (Lipinski definition) is 3. The molecule has 0 aromatic heterocycles. The van der Waals surface area contributed by atoms with Crippen molar-refractivity contribution in [2.75, 3.05) is 20.1 Å². The van der Waals surface area contributed by atoms with Crippen LogP contribution < -0.4 is 0 Å². The van der Waals surface area contributed by atoms with Crippen molar-refractivity contribution in [3.8, 4) is 0 Å². The van der Waals surface area contributed by atoms with Gasteiger partial charge in [0.25, 0.3) is 5.91 Å². The molecule has 2 unspecified atom stereocenters. The maximum absolute atomic E-state index is 12.5. The first-order chi connectivity index (χ1) is 9.15. The molecule has 0 spiro atoms. The second kappa shape index (κ2) is 4.94. The molecule has 1 saturated heterocycles. The predicted octanol–water partition coefficient (Wildman–Crippen LogP) is 1.24. The quantitative estimate of drug-likeness (QED) is 0.715. The molecule has 2 amide bonds. The van der Waals surface area contributed by atoms with Gasteiger partial charge in [-0.15, -0.1) is 0 Å². The van der Waals surface area contributed by atoms with Crippen LogP contribution in [0, 0.1) is 11.8 Å². The zero-order chi connectivity index (χ0) is 13.4. The van der Waals surface area contributed by atoms with E-state index < -0.39 is 0 Å². The minimum Gasteiger partial charge on any atom is -0.337 e. The van der Waals surface area contributed by atoms with Crippen molar-refractivity contribution in [1.82, 2.24) is 9.91 Å². The fraction of sp³-hybridized carbons (Fsp3) is 0.786. The normalized spacial score (nSPS) is 31.2. The summed E-state index contributed by atoms with van der Waals surface area (Å²) in [6.07, 6.45) is 6.04. The Morgan fingerprint density at radius 2 is 1.79 bits per heavy atom. The summed E-state index contributed by atoms with van der Waals surface area (Å²) in [6.45, 7) is 1.78. The van der Waals surface area contributed by atoms with Gasteiger partial charge in [0.05, 0.1) is 0 Å². The molecule has 0 aromatic carbocycles. The van der Waals surface area contributed by atoms with Crippen LogP contribution in [0.1, 0.15) is 38.5 Å². The van der Waals surface area contributed by atoms with Gasteiger partial charge in [-0.25, -0.2) is 5.01 Å². The molecular weight excluding hydrogens is 242 g/mol. The molecule has 5 heteroatoms. The number of hydrazone groups is 1. The summed E-state index contributed by atoms with van der Waals surface area (Å²) in [4.78, 5) is 25.8. The molecule has 2 fully saturated rings. The lowest BCUT2D eigenvalue weighted by Gasteiger charge is -2.22. The molecule has 1 saturated carbocycles. The van der Waals surface area contributed by atoms with Crippen molar-refractivity contribution in [3.63, 3.8) is 0 Å². The molecular formula is C14H21N3O2. The number of likely N-dealkylation sites (tertiary alicyclic amines) is 1. The minimum absolute atomic E-state index is 0.00774. The SMILES string of the molecule is CN1N=C(C(=O)N2CC3CCCCC3C2)CCC1=O. The number of carbonyl (C=O) groups is 2. The summed E-state index contributed by atoms with van der Waals surface area (Å²) in [7, 11) is 1.62. The lowest BCUT2D eigenvalue weighted by Crippen LogP contribution is -2.39. The average molecular weight is 263 g/mol. The summed E-state index contributed by atoms with van der Waals surface area (Å²) in [5.41, 5.74) is 0.556. The maximum atomic E-state index is 12.5. The first-order valence-electron chi connectivity index (χ1n) is 7.28. The smallest absolute Gasteiger partial charge is 0.270 e. The monoisotopic (exact) mass is 263 g/mol. The minimum atomic E-state index is -0.00774. The average Bonchev–Trinajstić information content (AvgIpc) is 2.85. The second-order valence-corrected chi connectivity index (χ2v) is 5.98. The van der Waals surface area contributed by atoms with E-state index in [0.717, 1.165) is 13.1 Å². The van der Waals surface area contributed by atoms with Gasteiger partial charge in [-0.05, 0) is 24.7 Å². The van der Waals surface area contributed by atoms with Crippen LogP contribution in [-0.2, 0) is 9.59 Å². The van der Waals surface area contributed by atoms with E-state index in [9.17, 15) is 9.59 Å². The van der Waals surface area contributed by atoms with Crippen LogP contribution in [0.5, 0.6) is 0 Å². The fourth-order valence-electron chi connectivity index (χ4n) is 3.58. The molecule has 3 aliphatic rings. The molecule has 2 heterocycles. The van der Waals surface area contributed by atoms with Gasteiger partial charge >= 0.3 is 0 Å². The van der Waals surface area contributed by atoms with Crippen LogP contribution in [0.25, 0.3) is 0 Å². The topological polar surface area (TPSA) is 53.0 Å². The predicted molar refractivity (Wildman–Crippen MR) is 71.5 cm³/mol. The molecule has 0 aromatic rings. The van der Waals surface area contributed by atoms with E-state index in [1.54, 1.807) is 7.05 Å². The molecule has 0 radical (unpaired) electrons. The largest absolute Gasteiger partial charge is 0.337 e. The lowest BCUT2D eigenvalue weighted by molar-refractivity contribution is -0.130. The van der Waals surface area contributed by atoms with Gasteiger partial charge in [0.2, 0.25) is 5.91 Å². The van der Waals surface area contributed by atoms with Crippen molar-refractivity contribution in [3.05, 3.63) is 0 Å². The Morgan fingerprint density at radius 1 is 1.16 bits per heavy atom. The van der Waals surface area contributed by atoms with E-state index in [1.807, 2.05) is 4.90 Å². The first kappa shape index (κ1) is 12.6. The Labute approximate surface area is 113 Å². The van der Waals surface area contributed by atoms with Crippen LogP contribution in [-0.4, -0.2) is 47.6 Å². The Balaban J connectivity index is 1.68. The van der Waals surface area contributed by atoms with E-state index in [2.05, 4.69) is 5.10 Å². The highest BCUT2D eigenvalue weighted by Gasteiger charge is 2.38. The highest BCUT2D eigenvalue weighted by Crippen LogP contribution is 2.36. The van der Waals surface area contributed by atoms with Crippen LogP contribution in [0.4, 0.5) is 0 Å². The molecule has 2 aliphatic heterocycles. The van der Waals surface area contributed by atoms with E-state index >= 15 is 0 Å². The Bertz CT molecular complexity index is 418. The standard InChI is InChI=1S/C14H21N3O2/c1-16-13(18)7-6-12(15-16)14(19)17-8-10-4-2-3-5-11(10)9-17/h10-11H,2-9H2,1H3. The van der Waals surface area contributed by atoms with Gasteiger partial charge in [0, 0.05) is 33.0 Å². The number of fused-ring (bicyclic) bond motifs is 1. The third-order valence-corrected chi connectivity index (χ3v) is 4.72. The summed E-state index contributed by atoms with van der Waals surface area (Å²) in [5.74, 6) is 1.43. The Kier molecular flexibility index (Phi) is 3.29. The highest BCUT2D eigenvalue weighted by molar-refractivity contribution is 6.39. The van der Waals surface area contributed by atoms with Gasteiger partial charge in [0.1, 0.15) is 5.71 Å². The Morgan fingerprint density at radius 3 is 2.37 bits per heavy atom. The molecule has 1 aliphatic carbocycles. The van der Waals surface area contributed by atoms with Gasteiger partial charge in [-0.2, -0.15) is 5.10 Å². The van der Waals surface area contributed by atoms with Gasteiger partial charge < -0.3 is 4.90 Å². The van der Waals surface area contributed by atoms with Crippen LogP contribution in [0.2, 0.25) is 0 Å². The zero-order valence-electron chi connectivity index (χ0n) is 11.5. The molecule has 2 atom stereocenters. The number of amides is 2. The molecule has 104 valence electrons. The Hall–Kier alpha value is -1.39. The number of nitrogens with zero attached hydrogens (tertiary/aromatic N) is 3. The van der Waals surface area contributed by atoms with Gasteiger partial charge in [0.15, 0.2) is 0 Å². The number of rotatable bonds is 1. The molecule has 5 nitrogen and oxygen atoms in total. The number of hydrogen-bond donors (Lipinski definition) is 0. The van der Waals surface area contributed by atoms with E-state index in [4.69, 9.17) is 0 Å². The first-order valence-corrected chi connectivity index (χ1v) is 7.28. The zero-order valence-corrected chi connectivity index (χ0v) is 11.5. The van der Waals surface area contributed by atoms with Crippen LogP contribution >= 0.6 is 0 Å². The second-order valence-electron chi connectivity index (χ2n) is 5.98. The van der Waals surface area contributed by atoms with Crippen molar-refractivity contribution in [2.24, 2.45) is 16.9 Å². The fourth-order valence-corrected chi connectivity index (χ4v) is 3.58. The van der Waals surface area contributed by atoms with Crippen molar-refractivity contribution >= 4 is 17.5 Å². The van der Waals surface area contributed by atoms with Crippen molar-refractivity contribution < 1.29 is 9.59 Å². The lowest BCUT2D eigenvalue weighted by atomic mass is 9.82. The molecule has 0 N–H and O–H groups in total. The van der Waals surface area contributed by atoms with E-state index in [0.29, 0.717) is 30.4 Å². The van der Waals surface area contributed by atoms with Crippen LogP contribution in [0.15, 0.2) is 5.10 Å². The summed E-state index contributed by atoms with van der Waals surface area (Å²) >= 11 is 0. The molecule has 0 bridgehead atoms. The third kappa shape index (κ3) is 2.38. The third-order valence-electron chi connectivity index (χ3n) is 4.72. The summed E-state index contributed by atoms with van der Waals surface area (Å²) in [5, 5.41) is 5.44. The van der Waals surface area contributed by atoms with Gasteiger partial charge in [-0.3, -0.25) is 9.59 Å². The highest BCUT2D eigenvalue weighted by atomic mass is 16.2. The molecule has 19 heavy (non-hydrogen) atoms. The van der Waals surface area contributed by atoms with Crippen molar-refractivity contribution in [2.45, 2.75) is 38.5 Å². The van der Waals surface area contributed by atoms with Crippen molar-refractivity contribution in [1.29, 1.82) is 0 Å².